The zero-order chi connectivity index (χ0) is 18.7. The normalized spacial score (nSPS) is 14.9. The molecule has 1 amide bonds. The Labute approximate surface area is 150 Å². The molecule has 0 bridgehead atoms. The third kappa shape index (κ3) is 3.94. The number of nitrogens with zero attached hydrogens (tertiary/aromatic N) is 5. The summed E-state index contributed by atoms with van der Waals surface area (Å²) < 4.78 is 0. The number of anilines is 2. The van der Waals surface area contributed by atoms with E-state index in [0.29, 0.717) is 22.9 Å². The van der Waals surface area contributed by atoms with E-state index >= 15 is 0 Å². The Morgan fingerprint density at radius 1 is 1.27 bits per heavy atom. The van der Waals surface area contributed by atoms with Crippen molar-refractivity contribution in [2.45, 2.75) is 6.92 Å². The molecule has 0 atom stereocenters. The molecule has 0 saturated carbocycles. The molecule has 0 radical (unpaired) electrons. The van der Waals surface area contributed by atoms with Gasteiger partial charge in [-0.3, -0.25) is 14.9 Å². The van der Waals surface area contributed by atoms with Crippen molar-refractivity contribution in [1.29, 1.82) is 0 Å². The average molecular weight is 356 g/mol. The molecule has 2 aromatic rings. The summed E-state index contributed by atoms with van der Waals surface area (Å²) in [5.41, 5.74) is 1.18. The van der Waals surface area contributed by atoms with E-state index in [1.165, 1.54) is 24.4 Å². The summed E-state index contributed by atoms with van der Waals surface area (Å²) >= 11 is 0. The molecular weight excluding hydrogens is 336 g/mol. The van der Waals surface area contributed by atoms with Crippen LogP contribution in [-0.2, 0) is 0 Å². The van der Waals surface area contributed by atoms with Gasteiger partial charge < -0.3 is 15.1 Å². The molecule has 2 heterocycles. The molecule has 0 aliphatic carbocycles. The summed E-state index contributed by atoms with van der Waals surface area (Å²) in [4.78, 5) is 35.9. The van der Waals surface area contributed by atoms with E-state index in [-0.39, 0.29) is 5.69 Å². The third-order valence-electron chi connectivity index (χ3n) is 4.31. The van der Waals surface area contributed by atoms with Crippen molar-refractivity contribution in [3.05, 3.63) is 51.8 Å². The highest BCUT2D eigenvalue weighted by Crippen LogP contribution is 2.19. The van der Waals surface area contributed by atoms with Gasteiger partial charge in [-0.05, 0) is 20.0 Å². The lowest BCUT2D eigenvalue weighted by Crippen LogP contribution is -2.45. The smallest absolute Gasteiger partial charge is 0.271 e. The van der Waals surface area contributed by atoms with Crippen molar-refractivity contribution >= 4 is 23.2 Å². The summed E-state index contributed by atoms with van der Waals surface area (Å²) in [7, 11) is 2.07. The fourth-order valence-electron chi connectivity index (χ4n) is 2.73. The number of likely N-dealkylation sites (N-methyl/N-ethyl adjacent to an activating group) is 1. The Bertz CT molecular complexity index is 833. The van der Waals surface area contributed by atoms with E-state index in [0.717, 1.165) is 26.2 Å². The van der Waals surface area contributed by atoms with E-state index in [2.05, 4.69) is 32.1 Å². The average Bonchev–Trinajstić information content (AvgIpc) is 2.62. The quantitative estimate of drug-likeness (QED) is 0.656. The molecule has 1 fully saturated rings. The molecule has 1 aliphatic rings. The maximum Gasteiger partial charge on any atom is 0.271 e. The minimum atomic E-state index is -0.505. The van der Waals surface area contributed by atoms with Crippen LogP contribution >= 0.6 is 0 Å². The molecule has 0 unspecified atom stereocenters. The number of piperazine rings is 1. The zero-order valence-corrected chi connectivity index (χ0v) is 14.7. The first-order valence-electron chi connectivity index (χ1n) is 8.27. The van der Waals surface area contributed by atoms with E-state index in [1.807, 2.05) is 0 Å². The molecule has 9 nitrogen and oxygen atoms in total. The van der Waals surface area contributed by atoms with Crippen molar-refractivity contribution in [1.82, 2.24) is 14.9 Å². The van der Waals surface area contributed by atoms with Crippen LogP contribution in [0.25, 0.3) is 0 Å². The minimum absolute atomic E-state index is 0.0822. The number of nitro benzene ring substituents is 1. The summed E-state index contributed by atoms with van der Waals surface area (Å²) in [5, 5.41) is 13.5. The van der Waals surface area contributed by atoms with Crippen LogP contribution < -0.4 is 10.2 Å². The van der Waals surface area contributed by atoms with E-state index in [4.69, 9.17) is 0 Å². The second kappa shape index (κ2) is 7.44. The number of carbonyl (C=O) groups is 1. The van der Waals surface area contributed by atoms with Crippen molar-refractivity contribution < 1.29 is 9.72 Å². The first-order valence-corrected chi connectivity index (χ1v) is 8.27. The molecule has 26 heavy (non-hydrogen) atoms. The van der Waals surface area contributed by atoms with Gasteiger partial charge in [0.2, 0.25) is 5.95 Å². The van der Waals surface area contributed by atoms with Gasteiger partial charge in [-0.25, -0.2) is 9.97 Å². The second-order valence-corrected chi connectivity index (χ2v) is 6.22. The lowest BCUT2D eigenvalue weighted by molar-refractivity contribution is -0.384. The molecule has 1 N–H and O–H groups in total. The summed E-state index contributed by atoms with van der Waals surface area (Å²) in [5.74, 6) is 0.218. The van der Waals surface area contributed by atoms with Crippen molar-refractivity contribution in [2.75, 3.05) is 43.4 Å². The van der Waals surface area contributed by atoms with Gasteiger partial charge in [0.05, 0.1) is 16.2 Å². The Hall–Kier alpha value is -3.07. The Morgan fingerprint density at radius 2 is 2.00 bits per heavy atom. The summed E-state index contributed by atoms with van der Waals surface area (Å²) in [6, 6.07) is 5.80. The van der Waals surface area contributed by atoms with Crippen LogP contribution in [0, 0.1) is 17.0 Å². The highest BCUT2D eigenvalue weighted by atomic mass is 16.6. The molecular formula is C17H20N6O3. The Morgan fingerprint density at radius 3 is 2.65 bits per heavy atom. The molecule has 9 heteroatoms. The molecule has 1 aromatic carbocycles. The monoisotopic (exact) mass is 356 g/mol. The fraction of sp³-hybridized carbons (Fsp3) is 0.353. The highest BCUT2D eigenvalue weighted by molar-refractivity contribution is 6.05. The maximum absolute atomic E-state index is 12.5. The first-order chi connectivity index (χ1) is 12.4. The van der Waals surface area contributed by atoms with Gasteiger partial charge >= 0.3 is 0 Å². The topological polar surface area (TPSA) is 104 Å². The number of nitro groups is 1. The molecule has 1 aromatic heterocycles. The predicted octanol–water partition coefficient (Wildman–Crippen LogP) is 1.70. The number of benzene rings is 1. The van der Waals surface area contributed by atoms with Crippen LogP contribution in [0.4, 0.5) is 17.3 Å². The van der Waals surface area contributed by atoms with Gasteiger partial charge in [0, 0.05) is 50.2 Å². The Balaban J connectivity index is 1.74. The maximum atomic E-state index is 12.5. The van der Waals surface area contributed by atoms with E-state index < -0.39 is 10.8 Å². The van der Waals surface area contributed by atoms with Crippen LogP contribution in [-0.4, -0.2) is 58.9 Å². The van der Waals surface area contributed by atoms with Gasteiger partial charge in [0.1, 0.15) is 0 Å². The number of hydrogen-bond acceptors (Lipinski definition) is 7. The van der Waals surface area contributed by atoms with Crippen LogP contribution in [0.2, 0.25) is 0 Å². The predicted molar refractivity (Wildman–Crippen MR) is 97.5 cm³/mol. The second-order valence-electron chi connectivity index (χ2n) is 6.22. The Kier molecular flexibility index (Phi) is 5.08. The van der Waals surface area contributed by atoms with Crippen molar-refractivity contribution in [3.63, 3.8) is 0 Å². The van der Waals surface area contributed by atoms with Crippen molar-refractivity contribution in [2.24, 2.45) is 0 Å². The standard InChI is InChI=1S/C17H20N6O3/c1-12-15(11-18-17(19-12)22-8-6-21(2)7-9-22)16(24)20-13-4-3-5-14(10-13)23(25)26/h3-5,10-11H,6-9H2,1-2H3,(H,20,24). The molecule has 3 rings (SSSR count). The van der Waals surface area contributed by atoms with Gasteiger partial charge in [0.25, 0.3) is 11.6 Å². The largest absolute Gasteiger partial charge is 0.338 e. The number of aryl methyl sites for hydroxylation is 1. The van der Waals surface area contributed by atoms with Gasteiger partial charge in [0.15, 0.2) is 0 Å². The number of nitrogens with one attached hydrogen (secondary N) is 1. The number of hydrogen-bond donors (Lipinski definition) is 1. The molecule has 1 aliphatic heterocycles. The highest BCUT2D eigenvalue weighted by Gasteiger charge is 2.19. The summed E-state index contributed by atoms with van der Waals surface area (Å²) in [6.07, 6.45) is 1.50. The van der Waals surface area contributed by atoms with Gasteiger partial charge in [-0.15, -0.1) is 0 Å². The minimum Gasteiger partial charge on any atom is -0.338 e. The van der Waals surface area contributed by atoms with Crippen LogP contribution in [0.15, 0.2) is 30.5 Å². The molecule has 1 saturated heterocycles. The fourth-order valence-corrected chi connectivity index (χ4v) is 2.73. The van der Waals surface area contributed by atoms with E-state index in [9.17, 15) is 14.9 Å². The number of carbonyl (C=O) groups excluding carboxylic acids is 1. The first kappa shape index (κ1) is 17.7. The lowest BCUT2D eigenvalue weighted by Gasteiger charge is -2.32. The number of amides is 1. The van der Waals surface area contributed by atoms with Crippen LogP contribution in [0.5, 0.6) is 0 Å². The van der Waals surface area contributed by atoms with E-state index in [1.54, 1.807) is 13.0 Å². The van der Waals surface area contributed by atoms with Gasteiger partial charge in [-0.2, -0.15) is 0 Å². The third-order valence-corrected chi connectivity index (χ3v) is 4.31. The number of non-ortho nitro benzene ring substituents is 1. The SMILES string of the molecule is Cc1nc(N2CCN(C)CC2)ncc1C(=O)Nc1cccc([N+](=O)[O-])c1. The van der Waals surface area contributed by atoms with Crippen molar-refractivity contribution in [3.8, 4) is 0 Å². The van der Waals surface area contributed by atoms with Crippen LogP contribution in [0.3, 0.4) is 0 Å². The summed E-state index contributed by atoms with van der Waals surface area (Å²) in [6.45, 7) is 5.32. The van der Waals surface area contributed by atoms with Crippen LogP contribution in [0.1, 0.15) is 16.1 Å². The van der Waals surface area contributed by atoms with Gasteiger partial charge in [-0.1, -0.05) is 6.07 Å². The zero-order valence-electron chi connectivity index (χ0n) is 14.7. The molecule has 136 valence electrons. The number of aromatic nitrogens is 2. The lowest BCUT2D eigenvalue weighted by atomic mass is 10.2. The molecule has 0 spiro atoms. The number of rotatable bonds is 4.